The fourth-order valence-electron chi connectivity index (χ4n) is 2.10. The third-order valence-electron chi connectivity index (χ3n) is 3.13. The molecule has 0 atom stereocenters. The van der Waals surface area contributed by atoms with Crippen LogP contribution in [0.5, 0.6) is 0 Å². The largest absolute Gasteiger partial charge is 0.339 e. The van der Waals surface area contributed by atoms with Gasteiger partial charge in [0.15, 0.2) is 0 Å². The number of benzene rings is 2. The van der Waals surface area contributed by atoms with Crippen molar-refractivity contribution >= 4 is 27.4 Å². The van der Waals surface area contributed by atoms with E-state index >= 15 is 0 Å². The van der Waals surface area contributed by atoms with Gasteiger partial charge in [-0.15, -0.1) is 0 Å². The number of hydrogen-bond donors (Lipinski definition) is 1. The summed E-state index contributed by atoms with van der Waals surface area (Å²) in [6, 6.07) is 18.7. The van der Waals surface area contributed by atoms with Gasteiger partial charge in [-0.3, -0.25) is 4.68 Å². The van der Waals surface area contributed by atoms with Crippen molar-refractivity contribution in [3.8, 4) is 11.1 Å². The maximum atomic E-state index is 4.20. The molecule has 1 heterocycles. The Labute approximate surface area is 126 Å². The van der Waals surface area contributed by atoms with E-state index in [4.69, 9.17) is 0 Å². The topological polar surface area (TPSA) is 29.9 Å². The average Bonchev–Trinajstić information content (AvgIpc) is 2.80. The van der Waals surface area contributed by atoms with Crippen molar-refractivity contribution < 1.29 is 0 Å². The highest BCUT2D eigenvalue weighted by molar-refractivity contribution is 9.10. The van der Waals surface area contributed by atoms with E-state index in [1.807, 2.05) is 31.3 Å². The SMILES string of the molecule is Cn1ncc(Br)c1Nc1cccc(-c2ccccc2)c1. The molecule has 100 valence electrons. The van der Waals surface area contributed by atoms with Gasteiger partial charge >= 0.3 is 0 Å². The highest BCUT2D eigenvalue weighted by atomic mass is 79.9. The van der Waals surface area contributed by atoms with E-state index in [-0.39, 0.29) is 0 Å². The molecule has 3 nitrogen and oxygen atoms in total. The Morgan fingerprint density at radius 2 is 1.75 bits per heavy atom. The van der Waals surface area contributed by atoms with Crippen LogP contribution in [0.4, 0.5) is 11.5 Å². The third-order valence-corrected chi connectivity index (χ3v) is 3.71. The maximum Gasteiger partial charge on any atom is 0.142 e. The molecule has 0 aliphatic heterocycles. The molecule has 0 amide bonds. The Bertz CT molecular complexity index is 700. The first-order chi connectivity index (χ1) is 9.74. The summed E-state index contributed by atoms with van der Waals surface area (Å²) in [7, 11) is 1.91. The van der Waals surface area contributed by atoms with Gasteiger partial charge in [0, 0.05) is 12.7 Å². The standard InChI is InChI=1S/C16H14BrN3/c1-20-16(15(17)11-18-20)19-14-9-5-8-13(10-14)12-6-3-2-4-7-12/h2-11,19H,1H3. The zero-order valence-corrected chi connectivity index (χ0v) is 12.6. The van der Waals surface area contributed by atoms with Gasteiger partial charge in [-0.05, 0) is 39.2 Å². The molecular weight excluding hydrogens is 314 g/mol. The summed E-state index contributed by atoms with van der Waals surface area (Å²) in [5.41, 5.74) is 3.43. The summed E-state index contributed by atoms with van der Waals surface area (Å²) in [6.45, 7) is 0. The maximum absolute atomic E-state index is 4.20. The molecule has 2 aromatic carbocycles. The van der Waals surface area contributed by atoms with Crippen LogP contribution in [-0.2, 0) is 7.05 Å². The lowest BCUT2D eigenvalue weighted by atomic mass is 10.1. The molecule has 0 aliphatic rings. The summed E-state index contributed by atoms with van der Waals surface area (Å²) < 4.78 is 2.75. The van der Waals surface area contributed by atoms with Crippen LogP contribution in [0.25, 0.3) is 11.1 Å². The Morgan fingerprint density at radius 3 is 2.45 bits per heavy atom. The molecule has 20 heavy (non-hydrogen) atoms. The second-order valence-corrected chi connectivity index (χ2v) is 5.39. The van der Waals surface area contributed by atoms with Crippen molar-refractivity contribution in [2.75, 3.05) is 5.32 Å². The van der Waals surface area contributed by atoms with E-state index in [0.29, 0.717) is 0 Å². The fraction of sp³-hybridized carbons (Fsp3) is 0.0625. The molecule has 0 radical (unpaired) electrons. The molecule has 4 heteroatoms. The van der Waals surface area contributed by atoms with Gasteiger partial charge in [-0.25, -0.2) is 0 Å². The smallest absolute Gasteiger partial charge is 0.142 e. The van der Waals surface area contributed by atoms with E-state index in [0.717, 1.165) is 16.0 Å². The number of hydrogen-bond acceptors (Lipinski definition) is 2. The molecule has 1 N–H and O–H groups in total. The molecule has 0 spiro atoms. The number of halogens is 1. The fourth-order valence-corrected chi connectivity index (χ4v) is 2.54. The highest BCUT2D eigenvalue weighted by Crippen LogP contribution is 2.27. The van der Waals surface area contributed by atoms with Crippen LogP contribution >= 0.6 is 15.9 Å². The normalized spacial score (nSPS) is 10.5. The van der Waals surface area contributed by atoms with Gasteiger partial charge in [0.1, 0.15) is 5.82 Å². The van der Waals surface area contributed by atoms with Gasteiger partial charge < -0.3 is 5.32 Å². The van der Waals surface area contributed by atoms with Crippen molar-refractivity contribution in [2.45, 2.75) is 0 Å². The van der Waals surface area contributed by atoms with Gasteiger partial charge in [0.2, 0.25) is 0 Å². The second-order valence-electron chi connectivity index (χ2n) is 4.54. The van der Waals surface area contributed by atoms with E-state index < -0.39 is 0 Å². The summed E-state index contributed by atoms with van der Waals surface area (Å²) in [6.07, 6.45) is 1.78. The van der Waals surface area contributed by atoms with E-state index in [1.165, 1.54) is 11.1 Å². The van der Waals surface area contributed by atoms with Crippen molar-refractivity contribution in [2.24, 2.45) is 7.05 Å². The number of nitrogens with zero attached hydrogens (tertiary/aromatic N) is 2. The molecule has 0 unspecified atom stereocenters. The Morgan fingerprint density at radius 1 is 1.00 bits per heavy atom. The molecule has 1 aromatic heterocycles. The first-order valence-electron chi connectivity index (χ1n) is 6.34. The lowest BCUT2D eigenvalue weighted by Gasteiger charge is -2.09. The molecule has 0 saturated heterocycles. The predicted octanol–water partition coefficient (Wildman–Crippen LogP) is 4.59. The van der Waals surface area contributed by atoms with Gasteiger partial charge in [-0.2, -0.15) is 5.10 Å². The molecule has 0 bridgehead atoms. The van der Waals surface area contributed by atoms with Gasteiger partial charge in [0.05, 0.1) is 10.7 Å². The van der Waals surface area contributed by atoms with Crippen LogP contribution in [0.1, 0.15) is 0 Å². The van der Waals surface area contributed by atoms with E-state index in [1.54, 1.807) is 10.9 Å². The summed E-state index contributed by atoms with van der Waals surface area (Å²) in [5.74, 6) is 0.940. The number of anilines is 2. The van der Waals surface area contributed by atoms with Crippen molar-refractivity contribution in [1.82, 2.24) is 9.78 Å². The summed E-state index contributed by atoms with van der Waals surface area (Å²) in [4.78, 5) is 0. The van der Waals surface area contributed by atoms with Crippen LogP contribution in [0.15, 0.2) is 65.3 Å². The monoisotopic (exact) mass is 327 g/mol. The van der Waals surface area contributed by atoms with Crippen LogP contribution in [0.3, 0.4) is 0 Å². The lowest BCUT2D eigenvalue weighted by Crippen LogP contribution is -1.99. The average molecular weight is 328 g/mol. The molecule has 3 rings (SSSR count). The number of nitrogens with one attached hydrogen (secondary N) is 1. The molecule has 3 aromatic rings. The Hall–Kier alpha value is -2.07. The van der Waals surface area contributed by atoms with Crippen molar-refractivity contribution in [1.29, 1.82) is 0 Å². The minimum atomic E-state index is 0.940. The summed E-state index contributed by atoms with van der Waals surface area (Å²) >= 11 is 3.49. The predicted molar refractivity (Wildman–Crippen MR) is 86.1 cm³/mol. The third kappa shape index (κ3) is 2.60. The first-order valence-corrected chi connectivity index (χ1v) is 7.13. The Balaban J connectivity index is 1.93. The van der Waals surface area contributed by atoms with Gasteiger partial charge in [-0.1, -0.05) is 42.5 Å². The van der Waals surface area contributed by atoms with Crippen LogP contribution in [0, 0.1) is 0 Å². The number of rotatable bonds is 3. The number of aryl methyl sites for hydroxylation is 1. The van der Waals surface area contributed by atoms with E-state index in [2.05, 4.69) is 56.7 Å². The number of aromatic nitrogens is 2. The van der Waals surface area contributed by atoms with Crippen molar-refractivity contribution in [3.05, 3.63) is 65.3 Å². The molecule has 0 fully saturated rings. The van der Waals surface area contributed by atoms with Crippen LogP contribution < -0.4 is 5.32 Å². The lowest BCUT2D eigenvalue weighted by molar-refractivity contribution is 0.776. The minimum absolute atomic E-state index is 0.940. The summed E-state index contributed by atoms with van der Waals surface area (Å²) in [5, 5.41) is 7.58. The van der Waals surface area contributed by atoms with Crippen molar-refractivity contribution in [3.63, 3.8) is 0 Å². The van der Waals surface area contributed by atoms with E-state index in [9.17, 15) is 0 Å². The van der Waals surface area contributed by atoms with Crippen LogP contribution in [-0.4, -0.2) is 9.78 Å². The molecule has 0 saturated carbocycles. The molecular formula is C16H14BrN3. The minimum Gasteiger partial charge on any atom is -0.339 e. The zero-order valence-electron chi connectivity index (χ0n) is 11.0. The quantitative estimate of drug-likeness (QED) is 0.762. The first kappa shape index (κ1) is 12.9. The highest BCUT2D eigenvalue weighted by Gasteiger charge is 2.06. The van der Waals surface area contributed by atoms with Gasteiger partial charge in [0.25, 0.3) is 0 Å². The molecule has 0 aliphatic carbocycles. The second kappa shape index (κ2) is 5.51. The zero-order chi connectivity index (χ0) is 13.9. The Kier molecular flexibility index (Phi) is 3.56. The van der Waals surface area contributed by atoms with Crippen LogP contribution in [0.2, 0.25) is 0 Å².